The molecule has 2 aliphatic rings. The molecule has 1 aromatic carbocycles. The summed E-state index contributed by atoms with van der Waals surface area (Å²) in [5.41, 5.74) is -1.46. The fraction of sp³-hybridized carbons (Fsp3) is 0.382. The van der Waals surface area contributed by atoms with Gasteiger partial charge in [0.15, 0.2) is 11.5 Å². The first-order valence-electron chi connectivity index (χ1n) is 15.7. The molecule has 2 aliphatic heterocycles. The van der Waals surface area contributed by atoms with Gasteiger partial charge in [-0.1, -0.05) is 26.5 Å². The van der Waals surface area contributed by atoms with E-state index in [4.69, 9.17) is 9.47 Å². The number of anilines is 1. The number of amides is 1. The van der Waals surface area contributed by atoms with Crippen LogP contribution in [0.4, 0.5) is 23.4 Å². The Morgan fingerprint density at radius 3 is 2.65 bits per heavy atom. The molecule has 1 amide bonds. The fourth-order valence-corrected chi connectivity index (χ4v) is 6.35. The maximum atomic E-state index is 16.3. The molecule has 258 valence electrons. The summed E-state index contributed by atoms with van der Waals surface area (Å²) < 4.78 is 71.0. The highest BCUT2D eigenvalue weighted by atomic mass is 19.3. The van der Waals surface area contributed by atoms with Crippen molar-refractivity contribution >= 4 is 22.8 Å². The molecular formula is C34H34F4N6O5. The zero-order valence-electron chi connectivity index (χ0n) is 26.9. The lowest BCUT2D eigenvalue weighted by Crippen LogP contribution is -2.54. The number of halogens is 4. The van der Waals surface area contributed by atoms with E-state index in [0.717, 1.165) is 16.7 Å². The summed E-state index contributed by atoms with van der Waals surface area (Å²) in [6.45, 7) is 8.11. The van der Waals surface area contributed by atoms with Crippen LogP contribution < -0.4 is 15.3 Å². The van der Waals surface area contributed by atoms with Crippen LogP contribution in [0.2, 0.25) is 0 Å². The molecule has 0 radical (unpaired) electrons. The minimum absolute atomic E-state index is 0.0403. The maximum Gasteiger partial charge on any atom is 0.355 e. The Morgan fingerprint density at radius 2 is 1.96 bits per heavy atom. The molecule has 0 aliphatic carbocycles. The molecule has 3 aromatic heterocycles. The largest absolute Gasteiger partial charge is 0.490 e. The van der Waals surface area contributed by atoms with Crippen LogP contribution in [0.15, 0.2) is 54.0 Å². The summed E-state index contributed by atoms with van der Waals surface area (Å²) in [4.78, 5) is 43.5. The number of carbonyl (C=O) groups excluding carboxylic acids is 1. The second kappa shape index (κ2) is 13.6. The minimum atomic E-state index is -2.89. The van der Waals surface area contributed by atoms with Gasteiger partial charge in [0.1, 0.15) is 48.5 Å². The van der Waals surface area contributed by atoms with Gasteiger partial charge < -0.3 is 24.4 Å². The molecule has 2 unspecified atom stereocenters. The van der Waals surface area contributed by atoms with Crippen LogP contribution in [0.25, 0.3) is 28.0 Å². The van der Waals surface area contributed by atoms with Crippen molar-refractivity contribution in [2.24, 2.45) is 0 Å². The molecule has 11 nitrogen and oxygen atoms in total. The third kappa shape index (κ3) is 6.23. The number of aliphatic hydroxyl groups is 1. The smallest absolute Gasteiger partial charge is 0.355 e. The Bertz CT molecular complexity index is 1990. The van der Waals surface area contributed by atoms with Crippen molar-refractivity contribution in [2.45, 2.75) is 51.4 Å². The standard InChI is InChI=1S/C34H34F4N6O5/c1-5-26(45)42-11-12-43(18(4)14-42)32-20-13-22(36)29-27-21(35)7-6-8-23(27)48-15-24(49-16-25(37)38)31(46)19-9-10-39-28(17(2)3)30(19)44(33(20)40-29)34(47)41-32/h5-10,13,17-18,24-25,31,46H,1,11-12,14-16H2,2-4H3/t18-,24?,31?/m0/s1. The Morgan fingerprint density at radius 1 is 1.18 bits per heavy atom. The van der Waals surface area contributed by atoms with E-state index < -0.39 is 54.9 Å². The van der Waals surface area contributed by atoms with Crippen molar-refractivity contribution in [1.82, 2.24) is 24.4 Å². The van der Waals surface area contributed by atoms with Gasteiger partial charge in [0.2, 0.25) is 5.91 Å². The molecule has 15 heteroatoms. The number of aliphatic hydroxyl groups excluding tert-OH is 1. The van der Waals surface area contributed by atoms with Crippen molar-refractivity contribution in [2.75, 3.05) is 37.7 Å². The van der Waals surface area contributed by atoms with Crippen molar-refractivity contribution < 1.29 is 36.9 Å². The Kier molecular flexibility index (Phi) is 9.40. The number of pyridine rings is 2. The number of carbonyl (C=O) groups is 1. The number of hydrogen-bond acceptors (Lipinski definition) is 9. The summed E-state index contributed by atoms with van der Waals surface area (Å²) in [6.07, 6.45) is -3.39. The maximum absolute atomic E-state index is 16.3. The predicted octanol–water partition coefficient (Wildman–Crippen LogP) is 4.54. The Labute approximate surface area is 278 Å². The number of benzene rings is 1. The first-order valence-corrected chi connectivity index (χ1v) is 15.7. The van der Waals surface area contributed by atoms with Crippen molar-refractivity contribution in [3.63, 3.8) is 0 Å². The molecule has 2 bridgehead atoms. The fourth-order valence-electron chi connectivity index (χ4n) is 6.35. The topological polar surface area (TPSA) is 123 Å². The second-order valence-corrected chi connectivity index (χ2v) is 12.2. The highest BCUT2D eigenvalue weighted by molar-refractivity contribution is 5.91. The lowest BCUT2D eigenvalue weighted by molar-refractivity contribution is -0.126. The minimum Gasteiger partial charge on any atom is -0.490 e. The lowest BCUT2D eigenvalue weighted by Gasteiger charge is -2.40. The molecule has 1 saturated heterocycles. The SMILES string of the molecule is C=CC(=O)N1CCN(c2nc(=O)n3c4nc(c(F)cc24)-c2c(F)cccc2OCC(OCC(F)F)C(O)c2ccnc(C(C)C)c2-3)[C@@H](C)C1. The summed E-state index contributed by atoms with van der Waals surface area (Å²) in [5.74, 6) is -2.60. The molecule has 6 rings (SSSR count). The number of rotatable bonds is 6. The number of ether oxygens (including phenoxy) is 2. The zero-order valence-corrected chi connectivity index (χ0v) is 26.9. The lowest BCUT2D eigenvalue weighted by atomic mass is 9.97. The third-order valence-corrected chi connectivity index (χ3v) is 8.66. The van der Waals surface area contributed by atoms with Crippen LogP contribution in [0, 0.1) is 11.6 Å². The van der Waals surface area contributed by atoms with Crippen LogP contribution in [0.5, 0.6) is 5.75 Å². The highest BCUT2D eigenvalue weighted by Crippen LogP contribution is 2.39. The van der Waals surface area contributed by atoms with Crippen LogP contribution in [0.3, 0.4) is 0 Å². The van der Waals surface area contributed by atoms with Gasteiger partial charge in [0.05, 0.1) is 22.3 Å². The summed E-state index contributed by atoms with van der Waals surface area (Å²) in [6, 6.07) is 5.89. The number of nitrogens with zero attached hydrogens (tertiary/aromatic N) is 6. The van der Waals surface area contributed by atoms with Gasteiger partial charge >= 0.3 is 5.69 Å². The first kappa shape index (κ1) is 34.0. The second-order valence-electron chi connectivity index (χ2n) is 12.2. The molecule has 4 aromatic rings. The zero-order chi connectivity index (χ0) is 35.1. The van der Waals surface area contributed by atoms with Crippen LogP contribution in [-0.4, -0.2) is 86.9 Å². The molecule has 1 fully saturated rings. The van der Waals surface area contributed by atoms with E-state index in [1.54, 1.807) is 23.6 Å². The number of fused-ring (bicyclic) bond motifs is 5. The van der Waals surface area contributed by atoms with Gasteiger partial charge in [0, 0.05) is 37.4 Å². The van der Waals surface area contributed by atoms with E-state index in [1.807, 2.05) is 6.92 Å². The molecular weight excluding hydrogens is 648 g/mol. The average Bonchev–Trinajstić information content (AvgIpc) is 3.06. The van der Waals surface area contributed by atoms with E-state index in [1.165, 1.54) is 30.5 Å². The third-order valence-electron chi connectivity index (χ3n) is 8.66. The van der Waals surface area contributed by atoms with E-state index in [-0.39, 0.29) is 76.9 Å². The van der Waals surface area contributed by atoms with E-state index >= 15 is 8.78 Å². The van der Waals surface area contributed by atoms with E-state index in [0.29, 0.717) is 5.69 Å². The molecule has 49 heavy (non-hydrogen) atoms. The molecule has 3 atom stereocenters. The molecule has 1 N–H and O–H groups in total. The average molecular weight is 683 g/mol. The van der Waals surface area contributed by atoms with E-state index in [2.05, 4.69) is 21.5 Å². The number of piperazine rings is 1. The van der Waals surface area contributed by atoms with Crippen molar-refractivity contribution in [1.29, 1.82) is 0 Å². The Balaban J connectivity index is 1.69. The highest BCUT2D eigenvalue weighted by Gasteiger charge is 2.34. The van der Waals surface area contributed by atoms with Crippen molar-refractivity contribution in [3.8, 4) is 22.7 Å². The van der Waals surface area contributed by atoms with Gasteiger partial charge in [-0.15, -0.1) is 0 Å². The molecule has 0 saturated carbocycles. The molecule has 5 heterocycles. The summed E-state index contributed by atoms with van der Waals surface area (Å²) in [7, 11) is 0. The number of aromatic nitrogens is 4. The van der Waals surface area contributed by atoms with Crippen LogP contribution in [-0.2, 0) is 9.53 Å². The van der Waals surface area contributed by atoms with E-state index in [9.17, 15) is 23.5 Å². The quantitative estimate of drug-likeness (QED) is 0.231. The first-order chi connectivity index (χ1) is 23.4. The predicted molar refractivity (Wildman–Crippen MR) is 172 cm³/mol. The summed E-state index contributed by atoms with van der Waals surface area (Å²) >= 11 is 0. The van der Waals surface area contributed by atoms with Gasteiger partial charge in [0.25, 0.3) is 6.43 Å². The summed E-state index contributed by atoms with van der Waals surface area (Å²) in [5, 5.41) is 11.8. The van der Waals surface area contributed by atoms with Crippen LogP contribution >= 0.6 is 0 Å². The number of alkyl halides is 2. The molecule has 0 spiro atoms. The van der Waals surface area contributed by atoms with Gasteiger partial charge in [-0.3, -0.25) is 9.78 Å². The van der Waals surface area contributed by atoms with Gasteiger partial charge in [-0.05, 0) is 43.2 Å². The monoisotopic (exact) mass is 682 g/mol. The van der Waals surface area contributed by atoms with Gasteiger partial charge in [-0.25, -0.2) is 31.9 Å². The van der Waals surface area contributed by atoms with Crippen molar-refractivity contribution in [3.05, 3.63) is 82.6 Å². The van der Waals surface area contributed by atoms with Crippen LogP contribution in [0.1, 0.15) is 44.1 Å². The van der Waals surface area contributed by atoms with Gasteiger partial charge in [-0.2, -0.15) is 4.98 Å². The normalized spacial score (nSPS) is 19.3. The Hall–Kier alpha value is -4.89. The number of hydrogen-bond donors (Lipinski definition) is 1.